The van der Waals surface area contributed by atoms with Gasteiger partial charge in [-0.25, -0.2) is 0 Å². The molecule has 5 heteroatoms. The van der Waals surface area contributed by atoms with Gasteiger partial charge in [-0.2, -0.15) is 0 Å². The van der Waals surface area contributed by atoms with Crippen LogP contribution in [0, 0.1) is 7.14 Å². The third kappa shape index (κ3) is 3.19. The standard InChI is InChI=1S/C13H9I2NO2/c14-10-6-11(15)13(18)16(7-10)8-12(17)9-4-2-1-3-5-9/h1-7H,8H2. The van der Waals surface area contributed by atoms with Gasteiger partial charge in [0.2, 0.25) is 0 Å². The van der Waals surface area contributed by atoms with Crippen molar-refractivity contribution >= 4 is 51.0 Å². The average Bonchev–Trinajstić information content (AvgIpc) is 2.36. The number of hydrogen-bond donors (Lipinski definition) is 0. The van der Waals surface area contributed by atoms with E-state index in [1.54, 1.807) is 24.4 Å². The second kappa shape index (κ2) is 5.96. The first kappa shape index (κ1) is 13.7. The summed E-state index contributed by atoms with van der Waals surface area (Å²) in [6, 6.07) is 10.8. The number of carbonyl (C=O) groups excluding carboxylic acids is 1. The minimum Gasteiger partial charge on any atom is -0.306 e. The maximum Gasteiger partial charge on any atom is 0.264 e. The highest BCUT2D eigenvalue weighted by atomic mass is 127. The maximum atomic E-state index is 12.0. The molecule has 0 aliphatic rings. The predicted molar refractivity (Wildman–Crippen MR) is 86.9 cm³/mol. The van der Waals surface area contributed by atoms with Gasteiger partial charge in [0.1, 0.15) is 0 Å². The number of Topliss-reactive ketones (excluding diaryl/α,β-unsaturated/α-hetero) is 1. The Kier molecular flexibility index (Phi) is 4.55. The normalized spacial score (nSPS) is 10.3. The summed E-state index contributed by atoms with van der Waals surface area (Å²) < 4.78 is 3.02. The topological polar surface area (TPSA) is 39.1 Å². The summed E-state index contributed by atoms with van der Waals surface area (Å²) in [5, 5.41) is 0. The van der Waals surface area contributed by atoms with E-state index in [1.807, 2.05) is 40.8 Å². The van der Waals surface area contributed by atoms with E-state index < -0.39 is 0 Å². The van der Waals surface area contributed by atoms with E-state index in [0.29, 0.717) is 9.13 Å². The van der Waals surface area contributed by atoms with Crippen molar-refractivity contribution in [1.29, 1.82) is 0 Å². The summed E-state index contributed by atoms with van der Waals surface area (Å²) in [7, 11) is 0. The van der Waals surface area contributed by atoms with Gasteiger partial charge in [-0.1, -0.05) is 30.3 Å². The lowest BCUT2D eigenvalue weighted by Gasteiger charge is -2.06. The van der Waals surface area contributed by atoms with Gasteiger partial charge in [-0.05, 0) is 51.2 Å². The Morgan fingerprint density at radius 3 is 2.50 bits per heavy atom. The van der Waals surface area contributed by atoms with Crippen molar-refractivity contribution in [2.75, 3.05) is 0 Å². The number of nitrogens with zero attached hydrogens (tertiary/aromatic N) is 1. The van der Waals surface area contributed by atoms with Crippen molar-refractivity contribution in [2.24, 2.45) is 0 Å². The third-order valence-electron chi connectivity index (χ3n) is 2.42. The monoisotopic (exact) mass is 465 g/mol. The van der Waals surface area contributed by atoms with Crippen molar-refractivity contribution < 1.29 is 4.79 Å². The van der Waals surface area contributed by atoms with Crippen LogP contribution in [-0.4, -0.2) is 10.4 Å². The molecule has 92 valence electrons. The largest absolute Gasteiger partial charge is 0.306 e. The lowest BCUT2D eigenvalue weighted by atomic mass is 10.1. The summed E-state index contributed by atoms with van der Waals surface area (Å²) in [4.78, 5) is 23.9. The average molecular weight is 465 g/mol. The molecule has 0 saturated heterocycles. The summed E-state index contributed by atoms with van der Waals surface area (Å²) in [6.07, 6.45) is 1.70. The smallest absolute Gasteiger partial charge is 0.264 e. The van der Waals surface area contributed by atoms with Gasteiger partial charge in [0, 0.05) is 15.3 Å². The number of pyridine rings is 1. The molecule has 1 heterocycles. The Bertz CT molecular complexity index is 635. The first-order valence-corrected chi connectivity index (χ1v) is 7.37. The summed E-state index contributed by atoms with van der Waals surface area (Å²) in [6.45, 7) is 0.0791. The molecule has 0 aliphatic heterocycles. The molecule has 1 aromatic carbocycles. The SMILES string of the molecule is O=C(Cn1cc(I)cc(I)c1=O)c1ccccc1. The molecule has 3 nitrogen and oxygen atoms in total. The van der Waals surface area contributed by atoms with Crippen LogP contribution in [0.15, 0.2) is 47.4 Å². The fourth-order valence-electron chi connectivity index (χ4n) is 1.55. The van der Waals surface area contributed by atoms with Crippen LogP contribution in [0.4, 0.5) is 0 Å². The predicted octanol–water partition coefficient (Wildman–Crippen LogP) is 2.94. The number of ketones is 1. The van der Waals surface area contributed by atoms with Crippen LogP contribution in [0.25, 0.3) is 0 Å². The van der Waals surface area contributed by atoms with E-state index >= 15 is 0 Å². The third-order valence-corrected chi connectivity index (χ3v) is 3.78. The zero-order valence-corrected chi connectivity index (χ0v) is 13.6. The van der Waals surface area contributed by atoms with Crippen LogP contribution in [0.2, 0.25) is 0 Å². The molecule has 0 atom stereocenters. The van der Waals surface area contributed by atoms with Gasteiger partial charge in [0.25, 0.3) is 5.56 Å². The van der Waals surface area contributed by atoms with E-state index in [1.165, 1.54) is 4.57 Å². The molecular formula is C13H9I2NO2. The number of carbonyl (C=O) groups is 1. The molecule has 0 aliphatic carbocycles. The van der Waals surface area contributed by atoms with Crippen LogP contribution in [0.3, 0.4) is 0 Å². The zero-order chi connectivity index (χ0) is 13.1. The lowest BCUT2D eigenvalue weighted by Crippen LogP contribution is -2.26. The van der Waals surface area contributed by atoms with Crippen molar-refractivity contribution in [2.45, 2.75) is 6.54 Å². The Morgan fingerprint density at radius 2 is 1.83 bits per heavy atom. The molecule has 0 fully saturated rings. The molecule has 0 unspecified atom stereocenters. The van der Waals surface area contributed by atoms with Gasteiger partial charge < -0.3 is 4.57 Å². The van der Waals surface area contributed by atoms with E-state index in [9.17, 15) is 9.59 Å². The fourth-order valence-corrected chi connectivity index (χ4v) is 3.44. The molecule has 0 spiro atoms. The molecule has 0 N–H and O–H groups in total. The fraction of sp³-hybridized carbons (Fsp3) is 0.0769. The minimum absolute atomic E-state index is 0.0597. The van der Waals surface area contributed by atoms with Crippen LogP contribution >= 0.6 is 45.2 Å². The molecule has 0 saturated carbocycles. The van der Waals surface area contributed by atoms with Gasteiger partial charge in [-0.15, -0.1) is 0 Å². The summed E-state index contributed by atoms with van der Waals surface area (Å²) >= 11 is 4.12. The highest BCUT2D eigenvalue weighted by molar-refractivity contribution is 14.1. The summed E-state index contributed by atoms with van der Waals surface area (Å²) in [5.41, 5.74) is 0.499. The Morgan fingerprint density at radius 1 is 1.17 bits per heavy atom. The van der Waals surface area contributed by atoms with Gasteiger partial charge in [0.15, 0.2) is 5.78 Å². The Labute approximate surface area is 131 Å². The second-order valence-electron chi connectivity index (χ2n) is 3.73. The van der Waals surface area contributed by atoms with Gasteiger partial charge in [-0.3, -0.25) is 9.59 Å². The van der Waals surface area contributed by atoms with Crippen molar-refractivity contribution in [1.82, 2.24) is 4.57 Å². The number of rotatable bonds is 3. The highest BCUT2D eigenvalue weighted by Gasteiger charge is 2.09. The van der Waals surface area contributed by atoms with E-state index in [4.69, 9.17) is 0 Å². The molecular weight excluding hydrogens is 456 g/mol. The number of aromatic nitrogens is 1. The maximum absolute atomic E-state index is 12.0. The molecule has 2 rings (SSSR count). The second-order valence-corrected chi connectivity index (χ2v) is 6.14. The first-order chi connectivity index (χ1) is 8.58. The van der Waals surface area contributed by atoms with Crippen LogP contribution in [-0.2, 0) is 6.54 Å². The van der Waals surface area contributed by atoms with Crippen molar-refractivity contribution in [3.05, 3.63) is 65.7 Å². The number of halogens is 2. The minimum atomic E-state index is -0.125. The number of benzene rings is 1. The van der Waals surface area contributed by atoms with Crippen LogP contribution in [0.5, 0.6) is 0 Å². The molecule has 2 aromatic rings. The quantitative estimate of drug-likeness (QED) is 0.517. The van der Waals surface area contributed by atoms with E-state index in [2.05, 4.69) is 22.6 Å². The van der Waals surface area contributed by atoms with E-state index in [-0.39, 0.29) is 17.9 Å². The van der Waals surface area contributed by atoms with Gasteiger partial charge in [0.05, 0.1) is 10.1 Å². The molecule has 0 radical (unpaired) electrons. The molecule has 0 bridgehead atoms. The first-order valence-electron chi connectivity index (χ1n) is 5.21. The highest BCUT2D eigenvalue weighted by Crippen LogP contribution is 2.07. The van der Waals surface area contributed by atoms with Crippen molar-refractivity contribution in [3.8, 4) is 0 Å². The Hall–Kier alpha value is -0.700. The van der Waals surface area contributed by atoms with Crippen LogP contribution < -0.4 is 5.56 Å². The zero-order valence-electron chi connectivity index (χ0n) is 9.27. The van der Waals surface area contributed by atoms with Crippen LogP contribution in [0.1, 0.15) is 10.4 Å². The van der Waals surface area contributed by atoms with E-state index in [0.717, 1.165) is 3.57 Å². The van der Waals surface area contributed by atoms with Gasteiger partial charge >= 0.3 is 0 Å². The molecule has 18 heavy (non-hydrogen) atoms. The molecule has 0 amide bonds. The summed E-state index contributed by atoms with van der Waals surface area (Å²) in [5.74, 6) is -0.0597. The van der Waals surface area contributed by atoms with Crippen molar-refractivity contribution in [3.63, 3.8) is 0 Å². The molecule has 1 aromatic heterocycles. The number of hydrogen-bond acceptors (Lipinski definition) is 2. The Balaban J connectivity index is 2.31. The lowest BCUT2D eigenvalue weighted by molar-refractivity contribution is 0.0970.